The molecule has 1 unspecified atom stereocenters. The lowest BCUT2D eigenvalue weighted by Gasteiger charge is -2.36. The van der Waals surface area contributed by atoms with Gasteiger partial charge in [0.05, 0.1) is 6.04 Å². The number of hydrogen-bond acceptors (Lipinski definition) is 4. The number of likely N-dealkylation sites (N-methyl/N-ethyl adjacent to an activating group) is 1. The van der Waals surface area contributed by atoms with Crippen molar-refractivity contribution in [2.45, 2.75) is 19.4 Å². The topological polar surface area (TPSA) is 60.8 Å². The fourth-order valence-electron chi connectivity index (χ4n) is 3.10. The number of carbonyl (C=O) groups excluding carboxylic acids is 1. The molecule has 3 rings (SSSR count). The van der Waals surface area contributed by atoms with E-state index in [-0.39, 0.29) is 23.3 Å². The molecule has 0 amide bonds. The van der Waals surface area contributed by atoms with Crippen molar-refractivity contribution >= 4 is 11.9 Å². The fourth-order valence-corrected chi connectivity index (χ4v) is 3.10. The summed E-state index contributed by atoms with van der Waals surface area (Å²) in [5.41, 5.74) is 2.83. The van der Waals surface area contributed by atoms with Crippen LogP contribution in [0.15, 0.2) is 66.4 Å². The first-order valence-corrected chi connectivity index (χ1v) is 8.34. The Morgan fingerprint density at radius 3 is 2.20 bits per heavy atom. The molecular weight excluding hydrogens is 314 g/mol. The van der Waals surface area contributed by atoms with Gasteiger partial charge < -0.3 is 15.1 Å². The van der Waals surface area contributed by atoms with Gasteiger partial charge >= 0.3 is 0 Å². The van der Waals surface area contributed by atoms with Gasteiger partial charge in [-0.15, -0.1) is 0 Å². The van der Waals surface area contributed by atoms with E-state index in [1.54, 1.807) is 30.3 Å². The van der Waals surface area contributed by atoms with Crippen LogP contribution in [-0.4, -0.2) is 27.4 Å². The first kappa shape index (κ1) is 16.8. The standard InChI is InChI=1S/C21H21NO3/c1-2-22-17(8-3-15-4-9-18(23)10-5-15)13-20(25)14-21(22)16-6-11-19(24)12-7-16/h3-13,21,23-24H,2,14H2,1H3/b8-3+. The predicted octanol–water partition coefficient (Wildman–Crippen LogP) is 4.03. The van der Waals surface area contributed by atoms with Crippen LogP contribution in [0, 0.1) is 0 Å². The molecule has 1 aliphatic heterocycles. The van der Waals surface area contributed by atoms with Crippen molar-refractivity contribution in [2.24, 2.45) is 0 Å². The summed E-state index contributed by atoms with van der Waals surface area (Å²) in [7, 11) is 0. The summed E-state index contributed by atoms with van der Waals surface area (Å²) in [6.07, 6.45) is 5.97. The molecule has 0 saturated carbocycles. The van der Waals surface area contributed by atoms with Crippen LogP contribution in [0.5, 0.6) is 11.5 Å². The summed E-state index contributed by atoms with van der Waals surface area (Å²) in [6, 6.07) is 13.9. The average molecular weight is 335 g/mol. The van der Waals surface area contributed by atoms with Crippen LogP contribution < -0.4 is 0 Å². The molecule has 0 aromatic heterocycles. The zero-order valence-corrected chi connectivity index (χ0v) is 14.1. The maximum Gasteiger partial charge on any atom is 0.160 e. The van der Waals surface area contributed by atoms with Gasteiger partial charge in [-0.3, -0.25) is 4.79 Å². The zero-order chi connectivity index (χ0) is 17.8. The minimum atomic E-state index is -0.0393. The van der Waals surface area contributed by atoms with Gasteiger partial charge in [0.25, 0.3) is 0 Å². The van der Waals surface area contributed by atoms with Crippen molar-refractivity contribution in [2.75, 3.05) is 6.54 Å². The van der Waals surface area contributed by atoms with Crippen LogP contribution in [0.25, 0.3) is 6.08 Å². The van der Waals surface area contributed by atoms with E-state index in [0.29, 0.717) is 6.42 Å². The molecule has 2 aromatic carbocycles. The minimum Gasteiger partial charge on any atom is -0.508 e. The summed E-state index contributed by atoms with van der Waals surface area (Å²) in [5.74, 6) is 0.539. The van der Waals surface area contributed by atoms with Crippen LogP contribution in [0.1, 0.15) is 30.5 Å². The number of hydrogen-bond donors (Lipinski definition) is 2. The van der Waals surface area contributed by atoms with E-state index in [4.69, 9.17) is 0 Å². The largest absolute Gasteiger partial charge is 0.508 e. The summed E-state index contributed by atoms with van der Waals surface area (Å²) in [4.78, 5) is 14.4. The van der Waals surface area contributed by atoms with Gasteiger partial charge in [-0.05, 0) is 48.4 Å². The lowest BCUT2D eigenvalue weighted by atomic mass is 9.94. The maximum absolute atomic E-state index is 12.2. The predicted molar refractivity (Wildman–Crippen MR) is 98.1 cm³/mol. The molecule has 25 heavy (non-hydrogen) atoms. The SMILES string of the molecule is CCN1C(/C=C/c2ccc(O)cc2)=CC(=O)CC1c1ccc(O)cc1. The number of phenolic OH excluding ortho intramolecular Hbond substituents is 2. The summed E-state index contributed by atoms with van der Waals surface area (Å²) in [6.45, 7) is 2.83. The Hall–Kier alpha value is -3.01. The average Bonchev–Trinajstić information content (AvgIpc) is 2.61. The molecule has 1 heterocycles. The summed E-state index contributed by atoms with van der Waals surface area (Å²) < 4.78 is 0. The van der Waals surface area contributed by atoms with Gasteiger partial charge in [0.15, 0.2) is 5.78 Å². The number of carbonyl (C=O) groups is 1. The monoisotopic (exact) mass is 335 g/mol. The van der Waals surface area contributed by atoms with Crippen molar-refractivity contribution in [1.82, 2.24) is 4.90 Å². The van der Waals surface area contributed by atoms with Crippen LogP contribution >= 0.6 is 0 Å². The fraction of sp³-hybridized carbons (Fsp3) is 0.190. The Kier molecular flexibility index (Phi) is 4.89. The molecule has 4 heteroatoms. The smallest absolute Gasteiger partial charge is 0.160 e. The van der Waals surface area contributed by atoms with E-state index in [0.717, 1.165) is 23.4 Å². The molecule has 0 spiro atoms. The molecule has 0 saturated heterocycles. The summed E-state index contributed by atoms with van der Waals surface area (Å²) in [5, 5.41) is 18.9. The van der Waals surface area contributed by atoms with Crippen molar-refractivity contribution in [3.8, 4) is 11.5 Å². The van der Waals surface area contributed by atoms with E-state index >= 15 is 0 Å². The van der Waals surface area contributed by atoms with Crippen molar-refractivity contribution in [3.05, 3.63) is 77.5 Å². The number of rotatable bonds is 4. The molecule has 1 atom stereocenters. The molecule has 0 fully saturated rings. The molecule has 0 aliphatic carbocycles. The highest BCUT2D eigenvalue weighted by molar-refractivity contribution is 5.92. The number of allylic oxidation sites excluding steroid dienone is 2. The third kappa shape index (κ3) is 3.91. The Morgan fingerprint density at radius 1 is 1.00 bits per heavy atom. The Labute approximate surface area is 147 Å². The van der Waals surface area contributed by atoms with Crippen LogP contribution in [0.3, 0.4) is 0 Å². The first-order chi connectivity index (χ1) is 12.1. The highest BCUT2D eigenvalue weighted by Crippen LogP contribution is 2.33. The molecule has 2 N–H and O–H groups in total. The minimum absolute atomic E-state index is 0.0393. The van der Waals surface area contributed by atoms with Crippen molar-refractivity contribution < 1.29 is 15.0 Å². The van der Waals surface area contributed by atoms with E-state index in [2.05, 4.69) is 11.8 Å². The molecule has 128 valence electrons. The van der Waals surface area contributed by atoms with Crippen molar-refractivity contribution in [3.63, 3.8) is 0 Å². The summed E-state index contributed by atoms with van der Waals surface area (Å²) >= 11 is 0. The van der Waals surface area contributed by atoms with Crippen LogP contribution in [-0.2, 0) is 4.79 Å². The normalized spacial score (nSPS) is 17.8. The number of aromatic hydroxyl groups is 2. The van der Waals surface area contributed by atoms with E-state index in [9.17, 15) is 15.0 Å². The zero-order valence-electron chi connectivity index (χ0n) is 14.1. The highest BCUT2D eigenvalue weighted by Gasteiger charge is 2.27. The molecule has 2 aromatic rings. The van der Waals surface area contributed by atoms with Crippen LogP contribution in [0.4, 0.5) is 0 Å². The van der Waals surface area contributed by atoms with Gasteiger partial charge in [0, 0.05) is 24.7 Å². The van der Waals surface area contributed by atoms with Gasteiger partial charge in [0.2, 0.25) is 0 Å². The highest BCUT2D eigenvalue weighted by atomic mass is 16.3. The lowest BCUT2D eigenvalue weighted by molar-refractivity contribution is -0.116. The number of nitrogens with zero attached hydrogens (tertiary/aromatic N) is 1. The molecule has 4 nitrogen and oxygen atoms in total. The Bertz CT molecular complexity index is 804. The Morgan fingerprint density at radius 2 is 1.60 bits per heavy atom. The van der Waals surface area contributed by atoms with Crippen LogP contribution in [0.2, 0.25) is 0 Å². The second-order valence-corrected chi connectivity index (χ2v) is 6.06. The van der Waals surface area contributed by atoms with E-state index in [1.165, 1.54) is 0 Å². The van der Waals surface area contributed by atoms with Gasteiger partial charge in [-0.1, -0.05) is 30.3 Å². The molecular formula is C21H21NO3. The third-order valence-electron chi connectivity index (χ3n) is 4.37. The quantitative estimate of drug-likeness (QED) is 0.885. The van der Waals surface area contributed by atoms with Gasteiger partial charge in [0.1, 0.15) is 11.5 Å². The number of benzene rings is 2. The van der Waals surface area contributed by atoms with E-state index < -0.39 is 0 Å². The van der Waals surface area contributed by atoms with Crippen molar-refractivity contribution in [1.29, 1.82) is 0 Å². The number of ketones is 1. The molecule has 0 bridgehead atoms. The Balaban J connectivity index is 1.88. The van der Waals surface area contributed by atoms with Gasteiger partial charge in [-0.2, -0.15) is 0 Å². The maximum atomic E-state index is 12.2. The molecule has 0 radical (unpaired) electrons. The second kappa shape index (κ2) is 7.26. The van der Waals surface area contributed by atoms with E-state index in [1.807, 2.05) is 36.4 Å². The first-order valence-electron chi connectivity index (χ1n) is 8.34. The number of phenols is 2. The molecule has 1 aliphatic rings. The second-order valence-electron chi connectivity index (χ2n) is 6.06. The third-order valence-corrected chi connectivity index (χ3v) is 4.37. The van der Waals surface area contributed by atoms with Gasteiger partial charge in [-0.25, -0.2) is 0 Å². The lowest BCUT2D eigenvalue weighted by Crippen LogP contribution is -2.32.